The number of hydrogen-bond acceptors (Lipinski definition) is 1. The zero-order chi connectivity index (χ0) is 8.10. The number of carbonyl (C=O) groups is 1. The summed E-state index contributed by atoms with van der Waals surface area (Å²) < 4.78 is 0. The van der Waals surface area contributed by atoms with Gasteiger partial charge in [0.15, 0.2) is 0 Å². The van der Waals surface area contributed by atoms with Crippen molar-refractivity contribution >= 4 is 6.29 Å². The highest BCUT2D eigenvalue weighted by Crippen LogP contribution is 1.99. The number of aldehydes is 1. The Balaban J connectivity index is 2.97. The van der Waals surface area contributed by atoms with Crippen molar-refractivity contribution in [1.82, 2.24) is 0 Å². The van der Waals surface area contributed by atoms with Gasteiger partial charge >= 0.3 is 0 Å². The van der Waals surface area contributed by atoms with Gasteiger partial charge in [0, 0.05) is 11.1 Å². The van der Waals surface area contributed by atoms with Gasteiger partial charge in [-0.1, -0.05) is 18.1 Å². The summed E-state index contributed by atoms with van der Waals surface area (Å²) in [5.41, 5.74) is 1.63. The van der Waals surface area contributed by atoms with E-state index in [9.17, 15) is 4.79 Å². The van der Waals surface area contributed by atoms with Crippen LogP contribution in [-0.2, 0) is 0 Å². The van der Waals surface area contributed by atoms with E-state index in [4.69, 9.17) is 0 Å². The lowest BCUT2D eigenvalue weighted by Crippen LogP contribution is -1.78. The van der Waals surface area contributed by atoms with E-state index < -0.39 is 0 Å². The van der Waals surface area contributed by atoms with Crippen molar-refractivity contribution in [3.8, 4) is 11.8 Å². The molecule has 0 bridgehead atoms. The zero-order valence-corrected chi connectivity index (χ0v) is 6.29. The first-order valence-corrected chi connectivity index (χ1v) is 3.35. The van der Waals surface area contributed by atoms with Gasteiger partial charge in [-0.25, -0.2) is 0 Å². The van der Waals surface area contributed by atoms with E-state index >= 15 is 0 Å². The van der Waals surface area contributed by atoms with Crippen molar-refractivity contribution in [2.24, 2.45) is 0 Å². The summed E-state index contributed by atoms with van der Waals surface area (Å²) in [6.07, 6.45) is 0.823. The standard InChI is InChI=1S/C10H8O/c1-2-3-9-4-6-10(8-11)7-5-9/h4-8H,1H3. The van der Waals surface area contributed by atoms with Crippen LogP contribution >= 0.6 is 0 Å². The van der Waals surface area contributed by atoms with E-state index in [1.807, 2.05) is 12.1 Å². The van der Waals surface area contributed by atoms with Gasteiger partial charge in [-0.15, -0.1) is 5.92 Å². The Hall–Kier alpha value is -1.55. The molecule has 0 atom stereocenters. The molecule has 1 heteroatoms. The molecule has 0 saturated heterocycles. The Kier molecular flexibility index (Phi) is 2.46. The Bertz CT molecular complexity index is 298. The van der Waals surface area contributed by atoms with Gasteiger partial charge in [0.05, 0.1) is 0 Å². The molecule has 1 rings (SSSR count). The van der Waals surface area contributed by atoms with Crippen LogP contribution in [0.5, 0.6) is 0 Å². The second-order valence-electron chi connectivity index (χ2n) is 2.11. The zero-order valence-electron chi connectivity index (χ0n) is 6.29. The Morgan fingerprint density at radius 3 is 2.36 bits per heavy atom. The minimum absolute atomic E-state index is 0.687. The summed E-state index contributed by atoms with van der Waals surface area (Å²) in [6.45, 7) is 1.79. The fourth-order valence-corrected chi connectivity index (χ4v) is 0.789. The second kappa shape index (κ2) is 3.58. The molecule has 1 aromatic carbocycles. The molecule has 0 aliphatic rings. The maximum atomic E-state index is 10.2. The third-order valence-corrected chi connectivity index (χ3v) is 1.32. The third kappa shape index (κ3) is 1.94. The minimum atomic E-state index is 0.687. The summed E-state index contributed by atoms with van der Waals surface area (Å²) in [7, 11) is 0. The quantitative estimate of drug-likeness (QED) is 0.434. The first-order valence-electron chi connectivity index (χ1n) is 3.35. The van der Waals surface area contributed by atoms with Crippen molar-refractivity contribution < 1.29 is 4.79 Å². The number of hydrogen-bond donors (Lipinski definition) is 0. The van der Waals surface area contributed by atoms with Crippen LogP contribution in [0, 0.1) is 11.8 Å². The van der Waals surface area contributed by atoms with Gasteiger partial charge in [-0.3, -0.25) is 4.79 Å². The molecule has 0 amide bonds. The Labute approximate surface area is 66.1 Å². The molecule has 0 heterocycles. The molecule has 1 aromatic rings. The van der Waals surface area contributed by atoms with Gasteiger partial charge in [0.1, 0.15) is 6.29 Å². The van der Waals surface area contributed by atoms with Gasteiger partial charge in [-0.05, 0) is 19.1 Å². The largest absolute Gasteiger partial charge is 0.298 e. The molecule has 0 aliphatic heterocycles. The predicted octanol–water partition coefficient (Wildman–Crippen LogP) is 1.87. The highest BCUT2D eigenvalue weighted by Gasteiger charge is 1.87. The normalized spacial score (nSPS) is 8.09. The van der Waals surface area contributed by atoms with Crippen LogP contribution in [0.25, 0.3) is 0 Å². The summed E-state index contributed by atoms with van der Waals surface area (Å²) in [5.74, 6) is 5.68. The molecule has 0 N–H and O–H groups in total. The first-order chi connectivity index (χ1) is 5.36. The average Bonchev–Trinajstić information content (AvgIpc) is 2.07. The molecule has 0 radical (unpaired) electrons. The highest BCUT2D eigenvalue weighted by atomic mass is 16.1. The van der Waals surface area contributed by atoms with E-state index in [1.165, 1.54) is 0 Å². The summed E-state index contributed by atoms with van der Waals surface area (Å²) in [4.78, 5) is 10.2. The molecule has 54 valence electrons. The molecule has 0 aromatic heterocycles. The maximum Gasteiger partial charge on any atom is 0.150 e. The van der Waals surface area contributed by atoms with Gasteiger partial charge < -0.3 is 0 Å². The lowest BCUT2D eigenvalue weighted by atomic mass is 10.1. The molecule has 0 fully saturated rings. The average molecular weight is 144 g/mol. The number of benzene rings is 1. The predicted molar refractivity (Wildman–Crippen MR) is 44.4 cm³/mol. The topological polar surface area (TPSA) is 17.1 Å². The minimum Gasteiger partial charge on any atom is -0.298 e. The Morgan fingerprint density at radius 1 is 1.27 bits per heavy atom. The maximum absolute atomic E-state index is 10.2. The lowest BCUT2D eigenvalue weighted by molar-refractivity contribution is 0.112. The molecule has 0 unspecified atom stereocenters. The monoisotopic (exact) mass is 144 g/mol. The van der Waals surface area contributed by atoms with Crippen LogP contribution < -0.4 is 0 Å². The second-order valence-corrected chi connectivity index (χ2v) is 2.11. The van der Waals surface area contributed by atoms with Crippen LogP contribution in [0.2, 0.25) is 0 Å². The summed E-state index contributed by atoms with van der Waals surface area (Å²) in [6, 6.07) is 7.18. The van der Waals surface area contributed by atoms with E-state index in [-0.39, 0.29) is 0 Å². The van der Waals surface area contributed by atoms with Crippen LogP contribution in [0.1, 0.15) is 22.8 Å². The molecule has 11 heavy (non-hydrogen) atoms. The molecular formula is C10H8O. The molecule has 0 saturated carbocycles. The SMILES string of the molecule is CC#Cc1ccc(C=O)cc1. The van der Waals surface area contributed by atoms with E-state index in [0.29, 0.717) is 5.56 Å². The molecule has 1 nitrogen and oxygen atoms in total. The Morgan fingerprint density at radius 2 is 1.91 bits per heavy atom. The van der Waals surface area contributed by atoms with Crippen molar-refractivity contribution in [3.63, 3.8) is 0 Å². The van der Waals surface area contributed by atoms with E-state index in [1.54, 1.807) is 19.1 Å². The van der Waals surface area contributed by atoms with Gasteiger partial charge in [0.2, 0.25) is 0 Å². The van der Waals surface area contributed by atoms with Crippen molar-refractivity contribution in [2.75, 3.05) is 0 Å². The van der Waals surface area contributed by atoms with Crippen LogP contribution in [-0.4, -0.2) is 6.29 Å². The van der Waals surface area contributed by atoms with Crippen molar-refractivity contribution in [3.05, 3.63) is 35.4 Å². The smallest absolute Gasteiger partial charge is 0.150 e. The number of rotatable bonds is 1. The third-order valence-electron chi connectivity index (χ3n) is 1.32. The highest BCUT2D eigenvalue weighted by molar-refractivity contribution is 5.74. The fourth-order valence-electron chi connectivity index (χ4n) is 0.789. The summed E-state index contributed by atoms with van der Waals surface area (Å²) >= 11 is 0. The van der Waals surface area contributed by atoms with E-state index in [2.05, 4.69) is 11.8 Å². The van der Waals surface area contributed by atoms with Gasteiger partial charge in [0.25, 0.3) is 0 Å². The molecule has 0 spiro atoms. The number of carbonyl (C=O) groups excluding carboxylic acids is 1. The summed E-state index contributed by atoms with van der Waals surface area (Å²) in [5, 5.41) is 0. The van der Waals surface area contributed by atoms with Gasteiger partial charge in [-0.2, -0.15) is 0 Å². The lowest BCUT2D eigenvalue weighted by Gasteiger charge is -1.89. The van der Waals surface area contributed by atoms with Crippen LogP contribution in [0.3, 0.4) is 0 Å². The molecule has 0 aliphatic carbocycles. The van der Waals surface area contributed by atoms with Crippen LogP contribution in [0.15, 0.2) is 24.3 Å². The van der Waals surface area contributed by atoms with E-state index in [0.717, 1.165) is 11.8 Å². The fraction of sp³-hybridized carbons (Fsp3) is 0.100. The first kappa shape index (κ1) is 7.56. The molecular weight excluding hydrogens is 136 g/mol. The van der Waals surface area contributed by atoms with Crippen LogP contribution in [0.4, 0.5) is 0 Å². The van der Waals surface area contributed by atoms with Crippen molar-refractivity contribution in [2.45, 2.75) is 6.92 Å². The van der Waals surface area contributed by atoms with Crippen molar-refractivity contribution in [1.29, 1.82) is 0 Å².